The summed E-state index contributed by atoms with van der Waals surface area (Å²) in [6, 6.07) is 12.5. The Bertz CT molecular complexity index is 568. The van der Waals surface area contributed by atoms with Crippen molar-refractivity contribution in [2.75, 3.05) is 0 Å². The lowest BCUT2D eigenvalue weighted by molar-refractivity contribution is 0.599. The molecule has 0 spiro atoms. The number of benzene rings is 2. The molecular formula is C16H17BrFN. The van der Waals surface area contributed by atoms with E-state index in [1.807, 2.05) is 12.1 Å². The van der Waals surface area contributed by atoms with Gasteiger partial charge >= 0.3 is 0 Å². The zero-order valence-corrected chi connectivity index (χ0v) is 12.5. The Hall–Kier alpha value is -1.19. The molecule has 1 nitrogen and oxygen atoms in total. The van der Waals surface area contributed by atoms with E-state index in [9.17, 15) is 4.39 Å². The first-order valence-corrected chi connectivity index (χ1v) is 7.20. The van der Waals surface area contributed by atoms with Crippen molar-refractivity contribution in [1.29, 1.82) is 0 Å². The number of rotatable bonds is 4. The minimum Gasteiger partial charge on any atom is -0.320 e. The summed E-state index contributed by atoms with van der Waals surface area (Å²) in [6.07, 6.45) is 2.10. The summed E-state index contributed by atoms with van der Waals surface area (Å²) < 4.78 is 14.7. The van der Waals surface area contributed by atoms with Crippen LogP contribution in [-0.4, -0.2) is 0 Å². The highest BCUT2D eigenvalue weighted by atomic mass is 79.9. The maximum Gasteiger partial charge on any atom is 0.128 e. The highest BCUT2D eigenvalue weighted by Gasteiger charge is 2.14. The van der Waals surface area contributed by atoms with E-state index in [2.05, 4.69) is 35.0 Å². The van der Waals surface area contributed by atoms with E-state index >= 15 is 0 Å². The third-order valence-corrected chi connectivity index (χ3v) is 3.64. The molecule has 0 amide bonds. The van der Waals surface area contributed by atoms with Gasteiger partial charge in [-0.3, -0.25) is 0 Å². The maximum atomic E-state index is 13.9. The van der Waals surface area contributed by atoms with Crippen molar-refractivity contribution in [1.82, 2.24) is 0 Å². The van der Waals surface area contributed by atoms with Gasteiger partial charge in [0.15, 0.2) is 0 Å². The molecule has 0 aliphatic heterocycles. The minimum absolute atomic E-state index is 0.267. The highest BCUT2D eigenvalue weighted by molar-refractivity contribution is 9.10. The third-order valence-electron chi connectivity index (χ3n) is 3.14. The Balaban J connectivity index is 2.35. The van der Waals surface area contributed by atoms with E-state index in [1.54, 1.807) is 12.1 Å². The van der Waals surface area contributed by atoms with Crippen LogP contribution in [-0.2, 0) is 6.42 Å². The van der Waals surface area contributed by atoms with Crippen LogP contribution in [0.3, 0.4) is 0 Å². The van der Waals surface area contributed by atoms with Crippen molar-refractivity contribution in [2.24, 2.45) is 5.73 Å². The Kier molecular flexibility index (Phi) is 4.72. The molecule has 0 bridgehead atoms. The first-order valence-electron chi connectivity index (χ1n) is 6.41. The molecule has 0 saturated carbocycles. The van der Waals surface area contributed by atoms with Gasteiger partial charge in [0.05, 0.1) is 6.04 Å². The average molecular weight is 322 g/mol. The second kappa shape index (κ2) is 6.31. The third kappa shape index (κ3) is 3.43. The number of halogens is 2. The quantitative estimate of drug-likeness (QED) is 0.875. The molecule has 0 fully saturated rings. The monoisotopic (exact) mass is 321 g/mol. The van der Waals surface area contributed by atoms with Crippen molar-refractivity contribution >= 4 is 15.9 Å². The molecule has 2 aromatic carbocycles. The maximum absolute atomic E-state index is 13.9. The summed E-state index contributed by atoms with van der Waals surface area (Å²) in [5, 5.41) is 0. The normalized spacial score (nSPS) is 12.4. The molecule has 2 N–H and O–H groups in total. The molecule has 0 aliphatic carbocycles. The van der Waals surface area contributed by atoms with Crippen molar-refractivity contribution in [2.45, 2.75) is 25.8 Å². The van der Waals surface area contributed by atoms with Crippen LogP contribution in [0.1, 0.15) is 36.1 Å². The van der Waals surface area contributed by atoms with E-state index in [0.29, 0.717) is 5.56 Å². The van der Waals surface area contributed by atoms with Crippen LogP contribution in [0.25, 0.3) is 0 Å². The van der Waals surface area contributed by atoms with Crippen LogP contribution < -0.4 is 5.73 Å². The molecule has 100 valence electrons. The number of hydrogen-bond donors (Lipinski definition) is 1. The second-order valence-electron chi connectivity index (χ2n) is 4.64. The van der Waals surface area contributed by atoms with Gasteiger partial charge in [-0.25, -0.2) is 4.39 Å². The fraction of sp³-hybridized carbons (Fsp3) is 0.250. The molecule has 1 atom stereocenters. The van der Waals surface area contributed by atoms with Crippen molar-refractivity contribution in [3.8, 4) is 0 Å². The van der Waals surface area contributed by atoms with E-state index in [1.165, 1.54) is 11.6 Å². The zero-order valence-electron chi connectivity index (χ0n) is 10.9. The molecule has 0 heterocycles. The lowest BCUT2D eigenvalue weighted by Crippen LogP contribution is -2.14. The average Bonchev–Trinajstić information content (AvgIpc) is 2.41. The topological polar surface area (TPSA) is 26.0 Å². The van der Waals surface area contributed by atoms with Crippen molar-refractivity contribution in [3.05, 3.63) is 69.4 Å². The number of hydrogen-bond acceptors (Lipinski definition) is 1. The first-order chi connectivity index (χ1) is 9.11. The molecule has 2 aromatic rings. The smallest absolute Gasteiger partial charge is 0.128 e. The molecule has 0 aliphatic rings. The van der Waals surface area contributed by atoms with Gasteiger partial charge in [-0.1, -0.05) is 53.5 Å². The predicted molar refractivity (Wildman–Crippen MR) is 80.6 cm³/mol. The second-order valence-corrected chi connectivity index (χ2v) is 5.55. The summed E-state index contributed by atoms with van der Waals surface area (Å²) in [6.45, 7) is 2.14. The highest BCUT2D eigenvalue weighted by Crippen LogP contribution is 2.26. The van der Waals surface area contributed by atoms with Gasteiger partial charge in [-0.2, -0.15) is 0 Å². The largest absolute Gasteiger partial charge is 0.320 e. The standard InChI is InChI=1S/C16H17BrFN/c1-2-4-11-5-3-6-12(9-11)16(19)14-10-13(17)7-8-15(14)18/h3,5-10,16H,2,4,19H2,1H3. The van der Waals surface area contributed by atoms with Gasteiger partial charge in [0.1, 0.15) is 5.82 Å². The number of aryl methyl sites for hydroxylation is 1. The van der Waals surface area contributed by atoms with E-state index in [-0.39, 0.29) is 5.82 Å². The number of nitrogens with two attached hydrogens (primary N) is 1. The Labute approximate surface area is 121 Å². The van der Waals surface area contributed by atoms with E-state index < -0.39 is 6.04 Å². The summed E-state index contributed by atoms with van der Waals surface area (Å²) >= 11 is 3.35. The Morgan fingerprint density at radius 2 is 2.00 bits per heavy atom. The van der Waals surface area contributed by atoms with Crippen LogP contribution in [0.15, 0.2) is 46.9 Å². The van der Waals surface area contributed by atoms with Gasteiger partial charge in [0.25, 0.3) is 0 Å². The van der Waals surface area contributed by atoms with Gasteiger partial charge in [-0.05, 0) is 35.7 Å². The fourth-order valence-corrected chi connectivity index (χ4v) is 2.54. The van der Waals surface area contributed by atoms with Gasteiger partial charge in [0, 0.05) is 10.0 Å². The Morgan fingerprint density at radius 3 is 2.74 bits per heavy atom. The van der Waals surface area contributed by atoms with Crippen LogP contribution >= 0.6 is 15.9 Å². The molecule has 0 aromatic heterocycles. The Morgan fingerprint density at radius 1 is 1.21 bits per heavy atom. The lowest BCUT2D eigenvalue weighted by Gasteiger charge is -2.15. The van der Waals surface area contributed by atoms with Gasteiger partial charge < -0.3 is 5.73 Å². The van der Waals surface area contributed by atoms with Crippen LogP contribution in [0.2, 0.25) is 0 Å². The van der Waals surface area contributed by atoms with Crippen LogP contribution in [0.4, 0.5) is 4.39 Å². The van der Waals surface area contributed by atoms with Gasteiger partial charge in [0.2, 0.25) is 0 Å². The summed E-state index contributed by atoms with van der Waals surface area (Å²) in [5.74, 6) is -0.267. The molecule has 19 heavy (non-hydrogen) atoms. The van der Waals surface area contributed by atoms with Crippen LogP contribution in [0.5, 0.6) is 0 Å². The van der Waals surface area contributed by atoms with Crippen molar-refractivity contribution < 1.29 is 4.39 Å². The summed E-state index contributed by atoms with van der Waals surface area (Å²) in [5.41, 5.74) is 8.90. The molecule has 1 unspecified atom stereocenters. The zero-order chi connectivity index (χ0) is 13.8. The first kappa shape index (κ1) is 14.2. The summed E-state index contributed by atoms with van der Waals surface area (Å²) in [4.78, 5) is 0. The molecule has 0 saturated heterocycles. The van der Waals surface area contributed by atoms with Gasteiger partial charge in [-0.15, -0.1) is 0 Å². The molecule has 3 heteroatoms. The molecule has 2 rings (SSSR count). The minimum atomic E-state index is -0.436. The van der Waals surface area contributed by atoms with Crippen LogP contribution in [0, 0.1) is 5.82 Å². The SMILES string of the molecule is CCCc1cccc(C(N)c2cc(Br)ccc2F)c1. The molecular weight excluding hydrogens is 305 g/mol. The predicted octanol–water partition coefficient (Wildman–Crippen LogP) is 4.59. The summed E-state index contributed by atoms with van der Waals surface area (Å²) in [7, 11) is 0. The van der Waals surface area contributed by atoms with Crippen molar-refractivity contribution in [3.63, 3.8) is 0 Å². The fourth-order valence-electron chi connectivity index (χ4n) is 2.16. The van der Waals surface area contributed by atoms with E-state index in [4.69, 9.17) is 5.73 Å². The van der Waals surface area contributed by atoms with E-state index in [0.717, 1.165) is 22.9 Å². The lowest BCUT2D eigenvalue weighted by atomic mass is 9.96. The molecule has 0 radical (unpaired) electrons.